The van der Waals surface area contributed by atoms with Gasteiger partial charge < -0.3 is 10.7 Å². The summed E-state index contributed by atoms with van der Waals surface area (Å²) in [5, 5.41) is 2.06. The van der Waals surface area contributed by atoms with E-state index in [9.17, 15) is 0 Å². The van der Waals surface area contributed by atoms with Gasteiger partial charge in [-0.15, -0.1) is 0 Å². The van der Waals surface area contributed by atoms with E-state index >= 15 is 0 Å². The fraction of sp³-hybridized carbons (Fsp3) is 0.385. The number of hydrogen-bond acceptors (Lipinski definition) is 1. The van der Waals surface area contributed by atoms with Gasteiger partial charge >= 0.3 is 0 Å². The number of aromatic amines is 1. The highest BCUT2D eigenvalue weighted by Gasteiger charge is 2.23. The summed E-state index contributed by atoms with van der Waals surface area (Å²) in [6, 6.07) is 6.05. The molecular formula is C13H15ClN2. The summed E-state index contributed by atoms with van der Waals surface area (Å²) in [6.07, 6.45) is 3.57. The Morgan fingerprint density at radius 3 is 3.12 bits per heavy atom. The molecule has 1 heterocycles. The Bertz CT molecular complexity index is 530. The van der Waals surface area contributed by atoms with E-state index in [4.69, 9.17) is 17.3 Å². The molecule has 3 heteroatoms. The summed E-state index contributed by atoms with van der Waals surface area (Å²) in [4.78, 5) is 3.49. The first kappa shape index (κ1) is 10.2. The molecule has 0 aliphatic heterocycles. The maximum Gasteiger partial charge on any atom is 0.0460 e. The van der Waals surface area contributed by atoms with Gasteiger partial charge in [0.1, 0.15) is 0 Å². The Morgan fingerprint density at radius 2 is 2.31 bits per heavy atom. The van der Waals surface area contributed by atoms with Crippen molar-refractivity contribution >= 4 is 22.5 Å². The fourth-order valence-corrected chi connectivity index (χ4v) is 2.98. The number of halogens is 1. The van der Waals surface area contributed by atoms with Crippen LogP contribution in [0.2, 0.25) is 5.02 Å². The van der Waals surface area contributed by atoms with Crippen molar-refractivity contribution in [3.8, 4) is 0 Å². The largest absolute Gasteiger partial charge is 0.358 e. The molecule has 0 amide bonds. The van der Waals surface area contributed by atoms with Crippen LogP contribution in [0.15, 0.2) is 18.2 Å². The van der Waals surface area contributed by atoms with Crippen LogP contribution in [0.3, 0.4) is 0 Å². The third-order valence-corrected chi connectivity index (χ3v) is 3.79. The van der Waals surface area contributed by atoms with Crippen molar-refractivity contribution < 1.29 is 0 Å². The maximum atomic E-state index is 6.06. The van der Waals surface area contributed by atoms with Crippen molar-refractivity contribution in [1.29, 1.82) is 0 Å². The lowest BCUT2D eigenvalue weighted by Crippen LogP contribution is -2.17. The van der Waals surface area contributed by atoms with Gasteiger partial charge in [-0.1, -0.05) is 11.6 Å². The second-order valence-corrected chi connectivity index (χ2v) is 4.97. The second-order valence-electron chi connectivity index (χ2n) is 4.53. The van der Waals surface area contributed by atoms with Crippen LogP contribution in [-0.2, 0) is 6.42 Å². The molecule has 0 radical (unpaired) electrons. The summed E-state index contributed by atoms with van der Waals surface area (Å²) in [5.41, 5.74) is 9.82. The van der Waals surface area contributed by atoms with Gasteiger partial charge in [0, 0.05) is 21.6 Å². The number of rotatable bonds is 1. The molecule has 0 saturated heterocycles. The second kappa shape index (κ2) is 3.79. The van der Waals surface area contributed by atoms with Crippen molar-refractivity contribution in [3.05, 3.63) is 34.5 Å². The number of nitrogens with two attached hydrogens (primary N) is 1. The smallest absolute Gasteiger partial charge is 0.0460 e. The normalized spacial score (nSPS) is 20.0. The molecule has 1 aliphatic carbocycles. The van der Waals surface area contributed by atoms with Crippen molar-refractivity contribution in [3.63, 3.8) is 0 Å². The molecule has 2 nitrogen and oxygen atoms in total. The summed E-state index contributed by atoms with van der Waals surface area (Å²) in [6.45, 7) is 0.729. The number of nitrogens with one attached hydrogen (secondary N) is 1. The van der Waals surface area contributed by atoms with Crippen LogP contribution >= 0.6 is 11.6 Å². The summed E-state index contributed by atoms with van der Waals surface area (Å²) in [7, 11) is 0. The number of benzene rings is 1. The van der Waals surface area contributed by atoms with E-state index in [1.54, 1.807) is 0 Å². The molecule has 84 valence electrons. The van der Waals surface area contributed by atoms with Gasteiger partial charge in [-0.05, 0) is 55.5 Å². The zero-order valence-corrected chi connectivity index (χ0v) is 9.85. The van der Waals surface area contributed by atoms with Crippen LogP contribution in [0.25, 0.3) is 10.9 Å². The van der Waals surface area contributed by atoms with Crippen LogP contribution < -0.4 is 5.73 Å². The van der Waals surface area contributed by atoms with Gasteiger partial charge in [-0.25, -0.2) is 0 Å². The predicted molar refractivity (Wildman–Crippen MR) is 68.0 cm³/mol. The molecule has 1 aliphatic rings. The topological polar surface area (TPSA) is 41.8 Å². The molecule has 1 aromatic heterocycles. The van der Waals surface area contributed by atoms with Crippen molar-refractivity contribution in [2.45, 2.75) is 25.2 Å². The molecule has 0 fully saturated rings. The molecule has 3 N–H and O–H groups in total. The minimum Gasteiger partial charge on any atom is -0.358 e. The average Bonchev–Trinajstić information content (AvgIpc) is 2.66. The highest BCUT2D eigenvalue weighted by molar-refractivity contribution is 6.31. The molecule has 1 aromatic carbocycles. The summed E-state index contributed by atoms with van der Waals surface area (Å²) >= 11 is 6.06. The Morgan fingerprint density at radius 1 is 1.44 bits per heavy atom. The van der Waals surface area contributed by atoms with E-state index < -0.39 is 0 Å². The first-order chi connectivity index (χ1) is 7.79. The molecular weight excluding hydrogens is 220 g/mol. The Kier molecular flexibility index (Phi) is 2.41. The number of fused-ring (bicyclic) bond motifs is 3. The van der Waals surface area contributed by atoms with E-state index in [2.05, 4.69) is 17.1 Å². The number of aryl methyl sites for hydroxylation is 1. The van der Waals surface area contributed by atoms with Crippen LogP contribution in [0.1, 0.15) is 30.0 Å². The molecule has 3 rings (SSSR count). The maximum absolute atomic E-state index is 6.06. The van der Waals surface area contributed by atoms with Crippen LogP contribution in [0, 0.1) is 0 Å². The van der Waals surface area contributed by atoms with Gasteiger partial charge in [0.05, 0.1) is 0 Å². The van der Waals surface area contributed by atoms with E-state index in [0.29, 0.717) is 5.92 Å². The first-order valence-corrected chi connectivity index (χ1v) is 6.17. The molecule has 0 saturated carbocycles. The zero-order chi connectivity index (χ0) is 11.1. The number of aromatic nitrogens is 1. The molecule has 0 bridgehead atoms. The summed E-state index contributed by atoms with van der Waals surface area (Å²) in [5.74, 6) is 0.496. The SMILES string of the molecule is NCC1CCCc2[nH]c3ccc(Cl)cc3c21. The number of hydrogen-bond donors (Lipinski definition) is 2. The van der Waals surface area contributed by atoms with Gasteiger partial charge in [-0.3, -0.25) is 0 Å². The third kappa shape index (κ3) is 1.45. The standard InChI is InChI=1S/C13H15ClN2/c14-9-4-5-11-10(6-9)13-8(7-15)2-1-3-12(13)16-11/h4-6,8,16H,1-3,7,15H2. The summed E-state index contributed by atoms with van der Waals surface area (Å²) < 4.78 is 0. The molecule has 1 atom stereocenters. The van der Waals surface area contributed by atoms with Crippen molar-refractivity contribution in [2.24, 2.45) is 5.73 Å². The Hall–Kier alpha value is -0.990. The lowest BCUT2D eigenvalue weighted by atomic mass is 9.85. The average molecular weight is 235 g/mol. The van der Waals surface area contributed by atoms with E-state index in [0.717, 1.165) is 18.0 Å². The van der Waals surface area contributed by atoms with Gasteiger partial charge in [0.2, 0.25) is 0 Å². The number of H-pyrrole nitrogens is 1. The zero-order valence-electron chi connectivity index (χ0n) is 9.09. The quantitative estimate of drug-likeness (QED) is 0.782. The minimum absolute atomic E-state index is 0.496. The predicted octanol–water partition coefficient (Wildman–Crippen LogP) is 3.20. The van der Waals surface area contributed by atoms with Crippen LogP contribution in [-0.4, -0.2) is 11.5 Å². The van der Waals surface area contributed by atoms with Gasteiger partial charge in [0.25, 0.3) is 0 Å². The van der Waals surface area contributed by atoms with Gasteiger partial charge in [-0.2, -0.15) is 0 Å². The van der Waals surface area contributed by atoms with Crippen LogP contribution in [0.4, 0.5) is 0 Å². The van der Waals surface area contributed by atoms with Crippen molar-refractivity contribution in [2.75, 3.05) is 6.54 Å². The van der Waals surface area contributed by atoms with E-state index in [1.165, 1.54) is 35.0 Å². The minimum atomic E-state index is 0.496. The molecule has 1 unspecified atom stereocenters. The lowest BCUT2D eigenvalue weighted by molar-refractivity contribution is 0.560. The molecule has 2 aromatic rings. The molecule has 0 spiro atoms. The van der Waals surface area contributed by atoms with Gasteiger partial charge in [0.15, 0.2) is 0 Å². The highest BCUT2D eigenvalue weighted by atomic mass is 35.5. The van der Waals surface area contributed by atoms with E-state index in [1.807, 2.05) is 6.07 Å². The highest BCUT2D eigenvalue weighted by Crippen LogP contribution is 2.37. The Labute approximate surface area is 99.8 Å². The van der Waals surface area contributed by atoms with E-state index in [-0.39, 0.29) is 0 Å². The third-order valence-electron chi connectivity index (χ3n) is 3.55. The first-order valence-electron chi connectivity index (χ1n) is 5.79. The fourth-order valence-electron chi connectivity index (χ4n) is 2.81. The van der Waals surface area contributed by atoms with Crippen molar-refractivity contribution in [1.82, 2.24) is 4.98 Å². The Balaban J connectivity index is 2.27. The monoisotopic (exact) mass is 234 g/mol. The molecule has 16 heavy (non-hydrogen) atoms. The lowest BCUT2D eigenvalue weighted by Gasteiger charge is -2.21. The van der Waals surface area contributed by atoms with Crippen LogP contribution in [0.5, 0.6) is 0 Å².